The fourth-order valence-electron chi connectivity index (χ4n) is 2.14. The summed E-state index contributed by atoms with van der Waals surface area (Å²) in [6, 6.07) is 10.3. The van der Waals surface area contributed by atoms with Crippen LogP contribution in [0.4, 0.5) is 4.39 Å². The Balaban J connectivity index is 2.47. The Morgan fingerprint density at radius 3 is 2.45 bits per heavy atom. The highest BCUT2D eigenvalue weighted by atomic mass is 35.5. The first-order chi connectivity index (χ1) is 9.52. The summed E-state index contributed by atoms with van der Waals surface area (Å²) in [4.78, 5) is 0. The van der Waals surface area contributed by atoms with Crippen LogP contribution in [0.15, 0.2) is 36.4 Å². The van der Waals surface area contributed by atoms with Crippen LogP contribution in [0.1, 0.15) is 29.7 Å². The van der Waals surface area contributed by atoms with Crippen molar-refractivity contribution in [3.05, 3.63) is 69.0 Å². The molecule has 0 saturated carbocycles. The van der Waals surface area contributed by atoms with E-state index in [9.17, 15) is 4.39 Å². The highest BCUT2D eigenvalue weighted by Gasteiger charge is 2.17. The van der Waals surface area contributed by atoms with Gasteiger partial charge in [0.15, 0.2) is 0 Å². The van der Waals surface area contributed by atoms with E-state index in [1.165, 1.54) is 12.1 Å². The van der Waals surface area contributed by atoms with Gasteiger partial charge in [-0.15, -0.1) is 0 Å². The number of hydrogen-bond acceptors (Lipinski definition) is 1. The number of hydrogen-bond donors (Lipinski definition) is 1. The molecule has 2 aromatic rings. The first-order valence-corrected chi connectivity index (χ1v) is 7.23. The summed E-state index contributed by atoms with van der Waals surface area (Å²) in [5.41, 5.74) is 2.88. The molecule has 1 atom stereocenters. The highest BCUT2D eigenvalue weighted by Crippen LogP contribution is 2.31. The third kappa shape index (κ3) is 3.32. The number of aryl methyl sites for hydroxylation is 1. The second-order valence-corrected chi connectivity index (χ2v) is 5.48. The van der Waals surface area contributed by atoms with Crippen LogP contribution < -0.4 is 5.32 Å². The van der Waals surface area contributed by atoms with Crippen molar-refractivity contribution in [1.29, 1.82) is 0 Å². The molecule has 106 valence electrons. The van der Waals surface area contributed by atoms with Gasteiger partial charge in [0, 0.05) is 10.0 Å². The summed E-state index contributed by atoms with van der Waals surface area (Å²) in [5, 5.41) is 4.48. The van der Waals surface area contributed by atoms with E-state index in [2.05, 4.69) is 5.32 Å². The van der Waals surface area contributed by atoms with Crippen LogP contribution in [0.2, 0.25) is 10.0 Å². The monoisotopic (exact) mass is 311 g/mol. The molecule has 0 bridgehead atoms. The minimum absolute atomic E-state index is 0.105. The molecule has 1 nitrogen and oxygen atoms in total. The zero-order chi connectivity index (χ0) is 14.7. The molecule has 0 amide bonds. The van der Waals surface area contributed by atoms with E-state index in [0.717, 1.165) is 23.2 Å². The third-order valence-electron chi connectivity index (χ3n) is 3.21. The van der Waals surface area contributed by atoms with Crippen molar-refractivity contribution in [3.63, 3.8) is 0 Å². The maximum Gasteiger partial charge on any atom is 0.124 e. The molecule has 2 rings (SSSR count). The fourth-order valence-corrected chi connectivity index (χ4v) is 2.60. The summed E-state index contributed by atoms with van der Waals surface area (Å²) in [7, 11) is 0. The van der Waals surface area contributed by atoms with Crippen molar-refractivity contribution in [2.45, 2.75) is 19.9 Å². The second kappa shape index (κ2) is 6.57. The summed E-state index contributed by atoms with van der Waals surface area (Å²) >= 11 is 12.4. The lowest BCUT2D eigenvalue weighted by Crippen LogP contribution is -2.22. The Morgan fingerprint density at radius 1 is 1.10 bits per heavy atom. The van der Waals surface area contributed by atoms with Gasteiger partial charge in [0.25, 0.3) is 0 Å². The molecule has 0 fully saturated rings. The molecule has 4 heteroatoms. The largest absolute Gasteiger partial charge is 0.306 e. The summed E-state index contributed by atoms with van der Waals surface area (Å²) in [6.45, 7) is 4.74. The van der Waals surface area contributed by atoms with Gasteiger partial charge in [-0.25, -0.2) is 4.39 Å². The van der Waals surface area contributed by atoms with Crippen molar-refractivity contribution in [2.24, 2.45) is 0 Å². The number of nitrogens with one attached hydrogen (secondary N) is 1. The van der Waals surface area contributed by atoms with Crippen molar-refractivity contribution < 1.29 is 4.39 Å². The highest BCUT2D eigenvalue weighted by molar-refractivity contribution is 6.31. The number of rotatable bonds is 4. The van der Waals surface area contributed by atoms with Gasteiger partial charge >= 0.3 is 0 Å². The third-order valence-corrected chi connectivity index (χ3v) is 3.95. The fraction of sp³-hybridized carbons (Fsp3) is 0.250. The van der Waals surface area contributed by atoms with E-state index in [-0.39, 0.29) is 11.9 Å². The van der Waals surface area contributed by atoms with Crippen LogP contribution in [-0.4, -0.2) is 6.54 Å². The van der Waals surface area contributed by atoms with E-state index in [0.29, 0.717) is 10.0 Å². The summed E-state index contributed by atoms with van der Waals surface area (Å²) in [5.74, 6) is -0.337. The van der Waals surface area contributed by atoms with Crippen LogP contribution in [0.3, 0.4) is 0 Å². The molecule has 2 aromatic carbocycles. The van der Waals surface area contributed by atoms with Crippen molar-refractivity contribution in [2.75, 3.05) is 6.54 Å². The van der Waals surface area contributed by atoms with Gasteiger partial charge in [-0.1, -0.05) is 48.3 Å². The standard InChI is InChI=1S/C16H16Cl2FN/c1-3-20-16(11-5-4-10(2)14(17)8-11)13-7-6-12(19)9-15(13)18/h4-9,16,20H,3H2,1-2H3. The molecule has 1 N–H and O–H groups in total. The lowest BCUT2D eigenvalue weighted by molar-refractivity contribution is 0.614. The zero-order valence-electron chi connectivity index (χ0n) is 11.4. The summed E-state index contributed by atoms with van der Waals surface area (Å²) < 4.78 is 13.2. The quantitative estimate of drug-likeness (QED) is 0.824. The van der Waals surface area contributed by atoms with Gasteiger partial charge in [0.05, 0.1) is 6.04 Å². The van der Waals surface area contributed by atoms with Gasteiger partial charge in [-0.3, -0.25) is 0 Å². The maximum absolute atomic E-state index is 13.2. The molecular weight excluding hydrogens is 296 g/mol. The van der Waals surface area contributed by atoms with E-state index in [1.54, 1.807) is 6.07 Å². The Hall–Kier alpha value is -1.09. The molecule has 1 unspecified atom stereocenters. The maximum atomic E-state index is 13.2. The lowest BCUT2D eigenvalue weighted by Gasteiger charge is -2.21. The van der Waals surface area contributed by atoms with E-state index in [4.69, 9.17) is 23.2 Å². The van der Waals surface area contributed by atoms with Crippen LogP contribution in [0, 0.1) is 12.7 Å². The van der Waals surface area contributed by atoms with Gasteiger partial charge in [0.1, 0.15) is 5.82 Å². The van der Waals surface area contributed by atoms with Gasteiger partial charge < -0.3 is 5.32 Å². The molecule has 0 aromatic heterocycles. The average molecular weight is 312 g/mol. The smallest absolute Gasteiger partial charge is 0.124 e. The average Bonchev–Trinajstić information content (AvgIpc) is 2.40. The van der Waals surface area contributed by atoms with Crippen molar-refractivity contribution in [1.82, 2.24) is 5.32 Å². The second-order valence-electron chi connectivity index (χ2n) is 4.67. The normalized spacial score (nSPS) is 12.4. The predicted octanol–water partition coefficient (Wildman–Crippen LogP) is 5.14. The van der Waals surface area contributed by atoms with Crippen LogP contribution in [-0.2, 0) is 0 Å². The predicted molar refractivity (Wildman–Crippen MR) is 83.1 cm³/mol. The molecule has 20 heavy (non-hydrogen) atoms. The molecule has 0 spiro atoms. The number of halogens is 3. The molecular formula is C16H16Cl2FN. The molecule has 0 aliphatic carbocycles. The molecule has 0 aliphatic rings. The topological polar surface area (TPSA) is 12.0 Å². The first-order valence-electron chi connectivity index (χ1n) is 6.47. The van der Waals surface area contributed by atoms with E-state index < -0.39 is 0 Å². The first kappa shape index (κ1) is 15.3. The molecule has 0 heterocycles. The van der Waals surface area contributed by atoms with Crippen LogP contribution in [0.5, 0.6) is 0 Å². The Bertz CT molecular complexity index is 613. The van der Waals surface area contributed by atoms with E-state index >= 15 is 0 Å². The Labute approximate surface area is 128 Å². The van der Waals surface area contributed by atoms with Gasteiger partial charge in [0.2, 0.25) is 0 Å². The van der Waals surface area contributed by atoms with Crippen LogP contribution in [0.25, 0.3) is 0 Å². The molecule has 0 aliphatic heterocycles. The minimum atomic E-state index is -0.337. The Kier molecular flexibility index (Phi) is 5.03. The SMILES string of the molecule is CCNC(c1ccc(C)c(Cl)c1)c1ccc(F)cc1Cl. The minimum Gasteiger partial charge on any atom is -0.306 e. The van der Waals surface area contributed by atoms with Crippen molar-refractivity contribution in [3.8, 4) is 0 Å². The van der Waals surface area contributed by atoms with Crippen LogP contribution >= 0.6 is 23.2 Å². The molecule has 0 radical (unpaired) electrons. The number of benzene rings is 2. The van der Waals surface area contributed by atoms with Gasteiger partial charge in [-0.05, 0) is 48.4 Å². The Morgan fingerprint density at radius 2 is 1.85 bits per heavy atom. The van der Waals surface area contributed by atoms with E-state index in [1.807, 2.05) is 32.0 Å². The molecule has 0 saturated heterocycles. The van der Waals surface area contributed by atoms with Crippen molar-refractivity contribution >= 4 is 23.2 Å². The lowest BCUT2D eigenvalue weighted by atomic mass is 9.97. The zero-order valence-corrected chi connectivity index (χ0v) is 12.9. The summed E-state index contributed by atoms with van der Waals surface area (Å²) in [6.07, 6.45) is 0. The van der Waals surface area contributed by atoms with Gasteiger partial charge in [-0.2, -0.15) is 0 Å².